The highest BCUT2D eigenvalue weighted by molar-refractivity contribution is 5.59. The first-order chi connectivity index (χ1) is 9.45. The van der Waals surface area contributed by atoms with Gasteiger partial charge < -0.3 is 15.2 Å². The fourth-order valence-electron chi connectivity index (χ4n) is 2.38. The Bertz CT molecular complexity index is 633. The molecule has 0 fully saturated rings. The van der Waals surface area contributed by atoms with Crippen LogP contribution in [0, 0.1) is 0 Å². The van der Waals surface area contributed by atoms with E-state index in [2.05, 4.69) is 4.98 Å². The van der Waals surface area contributed by atoms with Crippen molar-refractivity contribution in [3.05, 3.63) is 42.0 Å². The van der Waals surface area contributed by atoms with Gasteiger partial charge in [-0.1, -0.05) is 0 Å². The lowest BCUT2D eigenvalue weighted by Crippen LogP contribution is -2.33. The second kappa shape index (κ2) is 4.43. The maximum atomic E-state index is 12.9. The van der Waals surface area contributed by atoms with Gasteiger partial charge in [0.2, 0.25) is 0 Å². The Balaban J connectivity index is 1.92. The van der Waals surface area contributed by atoms with Crippen LogP contribution in [0.3, 0.4) is 0 Å². The van der Waals surface area contributed by atoms with Gasteiger partial charge in [0.15, 0.2) is 0 Å². The molecule has 0 amide bonds. The molecule has 0 spiro atoms. The Hall–Kier alpha value is -2.18. The molecule has 106 valence electrons. The van der Waals surface area contributed by atoms with Crippen LogP contribution >= 0.6 is 0 Å². The maximum Gasteiger partial charge on any atom is 0.418 e. The molecule has 0 radical (unpaired) electrons. The first-order valence-corrected chi connectivity index (χ1v) is 6.17. The van der Waals surface area contributed by atoms with Crippen LogP contribution in [0.4, 0.5) is 24.5 Å². The second-order valence-electron chi connectivity index (χ2n) is 4.73. The molecule has 0 bridgehead atoms. The Kier molecular flexibility index (Phi) is 2.84. The Morgan fingerprint density at radius 1 is 1.20 bits per heavy atom. The van der Waals surface area contributed by atoms with Gasteiger partial charge in [0, 0.05) is 36.9 Å². The Labute approximate surface area is 113 Å². The van der Waals surface area contributed by atoms with Crippen LogP contribution in [-0.4, -0.2) is 16.1 Å². The maximum absolute atomic E-state index is 12.9. The molecule has 0 atom stereocenters. The molecule has 7 heteroatoms. The number of hydrogen-bond donors (Lipinski definition) is 1. The molecule has 20 heavy (non-hydrogen) atoms. The van der Waals surface area contributed by atoms with Gasteiger partial charge in [0.25, 0.3) is 0 Å². The predicted octanol–water partition coefficient (Wildman–Crippen LogP) is 2.50. The highest BCUT2D eigenvalue weighted by Gasteiger charge is 2.33. The minimum Gasteiger partial charge on any atom is -0.398 e. The van der Waals surface area contributed by atoms with Crippen LogP contribution < -0.4 is 10.6 Å². The normalized spacial score (nSPS) is 15.2. The van der Waals surface area contributed by atoms with E-state index in [1.54, 1.807) is 12.3 Å². The molecule has 0 aliphatic carbocycles. The lowest BCUT2D eigenvalue weighted by atomic mass is 10.1. The van der Waals surface area contributed by atoms with Crippen molar-refractivity contribution in [2.45, 2.75) is 19.3 Å². The van der Waals surface area contributed by atoms with Crippen molar-refractivity contribution < 1.29 is 13.2 Å². The number of aromatic nitrogens is 2. The predicted molar refractivity (Wildman–Crippen MR) is 69.1 cm³/mol. The topological polar surface area (TPSA) is 47.1 Å². The van der Waals surface area contributed by atoms with Gasteiger partial charge in [0.1, 0.15) is 5.82 Å². The van der Waals surface area contributed by atoms with E-state index in [4.69, 9.17) is 5.73 Å². The molecular weight excluding hydrogens is 269 g/mol. The number of halogens is 3. The Morgan fingerprint density at radius 3 is 2.75 bits per heavy atom. The van der Waals surface area contributed by atoms with Crippen molar-refractivity contribution >= 4 is 11.4 Å². The number of anilines is 2. The van der Waals surface area contributed by atoms with Crippen molar-refractivity contribution in [1.29, 1.82) is 0 Å². The van der Waals surface area contributed by atoms with Crippen molar-refractivity contribution in [1.82, 2.24) is 9.55 Å². The smallest absolute Gasteiger partial charge is 0.398 e. The van der Waals surface area contributed by atoms with Crippen LogP contribution in [0.2, 0.25) is 0 Å². The summed E-state index contributed by atoms with van der Waals surface area (Å²) in [5, 5.41) is 0. The van der Waals surface area contributed by atoms with Gasteiger partial charge in [-0.05, 0) is 18.2 Å². The standard InChI is InChI=1S/C13H13F3N4/c14-13(15,16)10-7-9(1-2-11(10)17)20-6-5-19-4-3-18-12(19)8-20/h1-4,7H,5-6,8,17H2. The first-order valence-electron chi connectivity index (χ1n) is 6.17. The van der Waals surface area contributed by atoms with E-state index in [-0.39, 0.29) is 5.69 Å². The number of hydrogen-bond acceptors (Lipinski definition) is 3. The quantitative estimate of drug-likeness (QED) is 0.817. The minimum absolute atomic E-state index is 0.250. The van der Waals surface area contributed by atoms with Gasteiger partial charge in [0.05, 0.1) is 12.1 Å². The highest BCUT2D eigenvalue weighted by Crippen LogP contribution is 2.36. The largest absolute Gasteiger partial charge is 0.418 e. The summed E-state index contributed by atoms with van der Waals surface area (Å²) in [5.41, 5.74) is 4.89. The number of nitrogens with zero attached hydrogens (tertiary/aromatic N) is 3. The van der Waals surface area contributed by atoms with E-state index in [0.717, 1.165) is 11.9 Å². The van der Waals surface area contributed by atoms with E-state index in [1.165, 1.54) is 6.07 Å². The number of nitrogen functional groups attached to an aromatic ring is 1. The molecule has 1 aliphatic heterocycles. The van der Waals surface area contributed by atoms with Crippen LogP contribution in [0.25, 0.3) is 0 Å². The number of imidazole rings is 1. The molecule has 0 saturated heterocycles. The molecule has 3 rings (SSSR count). The molecule has 1 aromatic heterocycles. The molecule has 2 aromatic rings. The van der Waals surface area contributed by atoms with Crippen molar-refractivity contribution in [3.63, 3.8) is 0 Å². The third kappa shape index (κ3) is 2.19. The number of nitrogens with two attached hydrogens (primary N) is 1. The fourth-order valence-corrected chi connectivity index (χ4v) is 2.38. The fraction of sp³-hybridized carbons (Fsp3) is 0.308. The van der Waals surface area contributed by atoms with E-state index < -0.39 is 11.7 Å². The third-order valence-corrected chi connectivity index (χ3v) is 3.45. The Morgan fingerprint density at radius 2 is 2.00 bits per heavy atom. The number of benzene rings is 1. The lowest BCUT2D eigenvalue weighted by molar-refractivity contribution is -0.136. The lowest BCUT2D eigenvalue weighted by Gasteiger charge is -2.30. The average molecular weight is 282 g/mol. The van der Waals surface area contributed by atoms with Gasteiger partial charge in [-0.15, -0.1) is 0 Å². The number of rotatable bonds is 1. The molecule has 0 unspecified atom stereocenters. The summed E-state index contributed by atoms with van der Waals surface area (Å²) in [6.07, 6.45) is -0.867. The van der Waals surface area contributed by atoms with E-state index in [0.29, 0.717) is 25.3 Å². The zero-order valence-corrected chi connectivity index (χ0v) is 10.6. The van der Waals surface area contributed by atoms with Gasteiger partial charge in [-0.2, -0.15) is 13.2 Å². The van der Waals surface area contributed by atoms with Crippen molar-refractivity contribution in [3.8, 4) is 0 Å². The number of alkyl halides is 3. The summed E-state index contributed by atoms with van der Waals surface area (Å²) in [5.74, 6) is 0.849. The molecule has 0 saturated carbocycles. The first kappa shape index (κ1) is 12.8. The molecule has 1 aromatic carbocycles. The SMILES string of the molecule is Nc1ccc(N2CCn3ccnc3C2)cc1C(F)(F)F. The monoisotopic (exact) mass is 282 g/mol. The van der Waals surface area contributed by atoms with E-state index in [1.807, 2.05) is 15.7 Å². The van der Waals surface area contributed by atoms with Crippen molar-refractivity contribution in [2.75, 3.05) is 17.2 Å². The number of fused-ring (bicyclic) bond motifs is 1. The summed E-state index contributed by atoms with van der Waals surface area (Å²) < 4.78 is 40.6. The average Bonchev–Trinajstić information content (AvgIpc) is 2.85. The molecule has 2 N–H and O–H groups in total. The third-order valence-electron chi connectivity index (χ3n) is 3.45. The second-order valence-corrected chi connectivity index (χ2v) is 4.73. The summed E-state index contributed by atoms with van der Waals surface area (Å²) in [6.45, 7) is 1.85. The molecule has 4 nitrogen and oxygen atoms in total. The summed E-state index contributed by atoms with van der Waals surface area (Å²) in [4.78, 5) is 6.07. The zero-order chi connectivity index (χ0) is 14.3. The summed E-state index contributed by atoms with van der Waals surface area (Å²) in [7, 11) is 0. The minimum atomic E-state index is -4.44. The highest BCUT2D eigenvalue weighted by atomic mass is 19.4. The van der Waals surface area contributed by atoms with Gasteiger partial charge >= 0.3 is 6.18 Å². The van der Waals surface area contributed by atoms with Crippen LogP contribution in [0.5, 0.6) is 0 Å². The van der Waals surface area contributed by atoms with Crippen molar-refractivity contribution in [2.24, 2.45) is 0 Å². The summed E-state index contributed by atoms with van der Waals surface area (Å²) >= 11 is 0. The van der Waals surface area contributed by atoms with E-state index in [9.17, 15) is 13.2 Å². The van der Waals surface area contributed by atoms with Crippen LogP contribution in [0.1, 0.15) is 11.4 Å². The van der Waals surface area contributed by atoms with Gasteiger partial charge in [-0.3, -0.25) is 0 Å². The van der Waals surface area contributed by atoms with Crippen LogP contribution in [0.15, 0.2) is 30.6 Å². The molecule has 2 heterocycles. The van der Waals surface area contributed by atoms with Gasteiger partial charge in [-0.25, -0.2) is 4.98 Å². The summed E-state index contributed by atoms with van der Waals surface area (Å²) in [6, 6.07) is 4.02. The van der Waals surface area contributed by atoms with Crippen LogP contribution in [-0.2, 0) is 19.3 Å². The molecule has 1 aliphatic rings. The zero-order valence-electron chi connectivity index (χ0n) is 10.6. The van der Waals surface area contributed by atoms with E-state index >= 15 is 0 Å². The molecular formula is C13H13F3N4.